The number of nitrogens with two attached hydrogens (primary N) is 1. The Bertz CT molecular complexity index is 1120. The van der Waals surface area contributed by atoms with Crippen molar-refractivity contribution in [1.29, 1.82) is 0 Å². The van der Waals surface area contributed by atoms with Gasteiger partial charge in [0.15, 0.2) is 0 Å². The summed E-state index contributed by atoms with van der Waals surface area (Å²) in [6, 6.07) is 28.9. The van der Waals surface area contributed by atoms with Crippen LogP contribution in [0.25, 0.3) is 5.57 Å². The van der Waals surface area contributed by atoms with Gasteiger partial charge in [0.05, 0.1) is 0 Å². The number of nitrogens with zero attached hydrogens (tertiary/aromatic N) is 2. The molecule has 0 radical (unpaired) electrons. The summed E-state index contributed by atoms with van der Waals surface area (Å²) in [5.41, 5.74) is 6.19. The van der Waals surface area contributed by atoms with E-state index in [0.29, 0.717) is 5.92 Å². The second kappa shape index (κ2) is 14.2. The van der Waals surface area contributed by atoms with Gasteiger partial charge in [0.2, 0.25) is 0 Å². The van der Waals surface area contributed by atoms with Crippen molar-refractivity contribution in [3.63, 3.8) is 0 Å². The summed E-state index contributed by atoms with van der Waals surface area (Å²) in [5.74, 6) is 6.52. The SMILES string of the molecule is CC(/C=N\N)=C(/C)c1ccc(Cl)cc1.CC1CCN(CCc2cc#ccc2)C[C@@H]1c1ccc(P)cc1. The van der Waals surface area contributed by atoms with E-state index >= 15 is 0 Å². The lowest BCUT2D eigenvalue weighted by atomic mass is 9.82. The zero-order chi connectivity index (χ0) is 25.9. The Morgan fingerprint density at radius 2 is 1.83 bits per heavy atom. The van der Waals surface area contributed by atoms with Crippen LogP contribution in [0.15, 0.2) is 77.4 Å². The van der Waals surface area contributed by atoms with Crippen LogP contribution < -0.4 is 11.1 Å². The van der Waals surface area contributed by atoms with Crippen molar-refractivity contribution in [2.45, 2.75) is 39.5 Å². The number of hydrogen-bond donors (Lipinski definition) is 1. The molecule has 0 saturated carbocycles. The molecule has 1 heterocycles. The molecular weight excluding hydrogens is 481 g/mol. The second-order valence-electron chi connectivity index (χ2n) is 9.52. The van der Waals surface area contributed by atoms with Crippen LogP contribution in [-0.4, -0.2) is 30.7 Å². The van der Waals surface area contributed by atoms with Crippen molar-refractivity contribution in [1.82, 2.24) is 4.90 Å². The maximum absolute atomic E-state index is 5.79. The van der Waals surface area contributed by atoms with Gasteiger partial charge in [-0.25, -0.2) is 0 Å². The Balaban J connectivity index is 0.000000223. The van der Waals surface area contributed by atoms with E-state index < -0.39 is 0 Å². The van der Waals surface area contributed by atoms with E-state index in [1.54, 1.807) is 6.21 Å². The number of piperidine rings is 1. The Kier molecular flexibility index (Phi) is 11.0. The average Bonchev–Trinajstić information content (AvgIpc) is 2.90. The molecule has 0 spiro atoms. The Morgan fingerprint density at radius 1 is 1.11 bits per heavy atom. The molecule has 3 aromatic carbocycles. The van der Waals surface area contributed by atoms with E-state index in [1.165, 1.54) is 35.9 Å². The van der Waals surface area contributed by atoms with E-state index in [9.17, 15) is 0 Å². The summed E-state index contributed by atoms with van der Waals surface area (Å²) in [5, 5.41) is 5.50. The number of hydrogen-bond acceptors (Lipinski definition) is 3. The largest absolute Gasteiger partial charge is 0.323 e. The van der Waals surface area contributed by atoms with Crippen LogP contribution in [0.4, 0.5) is 0 Å². The molecule has 5 heteroatoms. The highest BCUT2D eigenvalue weighted by molar-refractivity contribution is 7.27. The van der Waals surface area contributed by atoms with Gasteiger partial charge in [-0.1, -0.05) is 67.1 Å². The maximum atomic E-state index is 5.79. The number of rotatable bonds is 6. The van der Waals surface area contributed by atoms with Gasteiger partial charge in [0.1, 0.15) is 0 Å². The topological polar surface area (TPSA) is 41.6 Å². The smallest absolute Gasteiger partial charge is 0.0497 e. The Hall–Kier alpha value is -2.63. The van der Waals surface area contributed by atoms with Gasteiger partial charge >= 0.3 is 0 Å². The fraction of sp³-hybridized carbons (Fsp3) is 0.323. The zero-order valence-corrected chi connectivity index (χ0v) is 23.5. The van der Waals surface area contributed by atoms with Crippen LogP contribution in [0.2, 0.25) is 5.02 Å². The van der Waals surface area contributed by atoms with Gasteiger partial charge < -0.3 is 10.7 Å². The van der Waals surface area contributed by atoms with E-state index in [2.05, 4.69) is 74.7 Å². The molecule has 3 atom stereocenters. The third-order valence-electron chi connectivity index (χ3n) is 6.98. The highest BCUT2D eigenvalue weighted by Crippen LogP contribution is 2.32. The van der Waals surface area contributed by atoms with Crippen molar-refractivity contribution in [3.05, 3.63) is 106 Å². The molecule has 1 aliphatic heterocycles. The van der Waals surface area contributed by atoms with Crippen LogP contribution in [0.3, 0.4) is 0 Å². The summed E-state index contributed by atoms with van der Waals surface area (Å²) in [4.78, 5) is 2.62. The summed E-state index contributed by atoms with van der Waals surface area (Å²) < 4.78 is 0. The highest BCUT2D eigenvalue weighted by atomic mass is 35.5. The Morgan fingerprint density at radius 3 is 2.47 bits per heavy atom. The van der Waals surface area contributed by atoms with Crippen LogP contribution in [0.1, 0.15) is 49.8 Å². The Labute approximate surface area is 224 Å². The van der Waals surface area contributed by atoms with Gasteiger partial charge in [0.25, 0.3) is 0 Å². The fourth-order valence-corrected chi connectivity index (χ4v) is 4.79. The van der Waals surface area contributed by atoms with Crippen LogP contribution in [0, 0.1) is 18.1 Å². The molecular formula is C31H37ClN3P. The molecule has 1 aliphatic rings. The quantitative estimate of drug-likeness (QED) is 0.175. The van der Waals surface area contributed by atoms with E-state index in [0.717, 1.165) is 40.6 Å². The van der Waals surface area contributed by atoms with E-state index in [4.69, 9.17) is 17.4 Å². The van der Waals surface area contributed by atoms with Gasteiger partial charge in [-0.05, 0) is 109 Å². The minimum Gasteiger partial charge on any atom is -0.323 e. The first-order valence-electron chi connectivity index (χ1n) is 12.5. The normalized spacial score (nSPS) is 18.7. The third kappa shape index (κ3) is 8.49. The van der Waals surface area contributed by atoms with Gasteiger partial charge in [-0.15, -0.1) is 9.24 Å². The van der Waals surface area contributed by atoms with Crippen molar-refractivity contribution in [3.8, 4) is 0 Å². The number of allylic oxidation sites excluding steroid dienone is 2. The molecule has 0 aliphatic carbocycles. The molecule has 188 valence electrons. The van der Waals surface area contributed by atoms with Gasteiger partial charge in [0, 0.05) is 24.3 Å². The summed E-state index contributed by atoms with van der Waals surface area (Å²) >= 11 is 5.79. The molecule has 1 saturated heterocycles. The summed E-state index contributed by atoms with van der Waals surface area (Å²) in [7, 11) is 2.77. The molecule has 1 fully saturated rings. The highest BCUT2D eigenvalue weighted by Gasteiger charge is 2.27. The van der Waals surface area contributed by atoms with Crippen LogP contribution >= 0.6 is 20.8 Å². The predicted molar refractivity (Wildman–Crippen MR) is 159 cm³/mol. The van der Waals surface area contributed by atoms with Crippen LogP contribution in [0.5, 0.6) is 0 Å². The first kappa shape index (κ1) is 27.9. The standard InChI is InChI=1S/C20H24NP.C11H13ClN2/c1-16-11-13-21(14-12-17-5-3-2-4-6-17)15-20(16)18-7-9-19(22)10-8-18;1-8(7-14-13)9(2)10-3-5-11(12)6-4-10/h3,5-10,16,20H,11-15,22H2,1H3;3-7H,13H2,1-2H3/b;9-8+,14-7-/t16?,20-;/m0./s1. The maximum Gasteiger partial charge on any atom is 0.0497 e. The summed E-state index contributed by atoms with van der Waals surface area (Å²) in [6.07, 6.45) is 4.04. The number of halogens is 1. The molecule has 0 aromatic heterocycles. The molecule has 36 heavy (non-hydrogen) atoms. The molecule has 0 amide bonds. The minimum absolute atomic E-state index is 0.662. The lowest BCUT2D eigenvalue weighted by Gasteiger charge is -2.37. The lowest BCUT2D eigenvalue weighted by Crippen LogP contribution is -2.39. The van der Waals surface area contributed by atoms with Gasteiger partial charge in [-0.2, -0.15) is 5.10 Å². The molecule has 3 nitrogen and oxygen atoms in total. The number of likely N-dealkylation sites (tertiary alicyclic amines) is 1. The summed E-state index contributed by atoms with van der Waals surface area (Å²) in [6.45, 7) is 9.95. The second-order valence-corrected chi connectivity index (χ2v) is 10.6. The predicted octanol–water partition coefficient (Wildman–Crippen LogP) is 6.53. The lowest BCUT2D eigenvalue weighted by molar-refractivity contribution is 0.169. The van der Waals surface area contributed by atoms with Crippen molar-refractivity contribution >= 4 is 37.9 Å². The fourth-order valence-electron chi connectivity index (χ4n) is 4.48. The third-order valence-corrected chi connectivity index (χ3v) is 7.62. The first-order chi connectivity index (χ1) is 17.4. The molecule has 3 aromatic rings. The number of benzene rings is 2. The monoisotopic (exact) mass is 517 g/mol. The van der Waals surface area contributed by atoms with Crippen molar-refractivity contribution in [2.75, 3.05) is 19.6 Å². The molecule has 4 rings (SSSR count). The average molecular weight is 518 g/mol. The van der Waals surface area contributed by atoms with E-state index in [1.807, 2.05) is 44.2 Å². The zero-order valence-electron chi connectivity index (χ0n) is 21.5. The first-order valence-corrected chi connectivity index (χ1v) is 13.4. The van der Waals surface area contributed by atoms with Crippen molar-refractivity contribution < 1.29 is 0 Å². The van der Waals surface area contributed by atoms with Crippen molar-refractivity contribution in [2.24, 2.45) is 16.9 Å². The van der Waals surface area contributed by atoms with Gasteiger partial charge in [-0.3, -0.25) is 0 Å². The molecule has 2 unspecified atom stereocenters. The minimum atomic E-state index is 0.662. The van der Waals surface area contributed by atoms with E-state index in [-0.39, 0.29) is 0 Å². The molecule has 0 bridgehead atoms. The number of hydrazone groups is 1. The molecule has 2 N–H and O–H groups in total. The van der Waals surface area contributed by atoms with Crippen LogP contribution in [-0.2, 0) is 6.42 Å².